The van der Waals surface area contributed by atoms with E-state index in [1.807, 2.05) is 6.92 Å². The highest BCUT2D eigenvalue weighted by molar-refractivity contribution is 5.91. The van der Waals surface area contributed by atoms with Gasteiger partial charge in [0.05, 0.1) is 24.8 Å². The summed E-state index contributed by atoms with van der Waals surface area (Å²) in [4.78, 5) is 20.8. The molecule has 1 fully saturated rings. The van der Waals surface area contributed by atoms with E-state index in [0.717, 1.165) is 38.3 Å². The summed E-state index contributed by atoms with van der Waals surface area (Å²) in [5.74, 6) is -0.125. The molecule has 33 heavy (non-hydrogen) atoms. The average molecular weight is 470 g/mol. The van der Waals surface area contributed by atoms with Crippen molar-refractivity contribution in [3.8, 4) is 0 Å². The van der Waals surface area contributed by atoms with Crippen molar-refractivity contribution < 1.29 is 32.2 Å². The zero-order valence-corrected chi connectivity index (χ0v) is 18.5. The second kappa shape index (κ2) is 11.6. The maximum absolute atomic E-state index is 12.8. The molecule has 1 atom stereocenters. The van der Waals surface area contributed by atoms with Crippen LogP contribution in [0.15, 0.2) is 34.9 Å². The predicted molar refractivity (Wildman–Crippen MR) is 113 cm³/mol. The third kappa shape index (κ3) is 7.81. The molecule has 2 heterocycles. The van der Waals surface area contributed by atoms with Gasteiger partial charge in [-0.2, -0.15) is 13.2 Å². The van der Waals surface area contributed by atoms with Gasteiger partial charge in [-0.15, -0.1) is 0 Å². The molecule has 11 heteroatoms. The van der Waals surface area contributed by atoms with Crippen molar-refractivity contribution in [3.05, 3.63) is 53.2 Å². The molecule has 2 N–H and O–H groups in total. The van der Waals surface area contributed by atoms with Crippen LogP contribution in [0.4, 0.5) is 13.2 Å². The maximum Gasteiger partial charge on any atom is 0.416 e. The van der Waals surface area contributed by atoms with Crippen molar-refractivity contribution in [2.45, 2.75) is 32.3 Å². The summed E-state index contributed by atoms with van der Waals surface area (Å²) in [6.07, 6.45) is -3.70. The van der Waals surface area contributed by atoms with Crippen LogP contribution in [0.5, 0.6) is 0 Å². The first kappa shape index (κ1) is 25.2. The highest BCUT2D eigenvalue weighted by atomic mass is 19.4. The van der Waals surface area contributed by atoms with Crippen molar-refractivity contribution in [1.29, 1.82) is 0 Å². The van der Waals surface area contributed by atoms with E-state index in [1.165, 1.54) is 18.4 Å². The smallest absolute Gasteiger partial charge is 0.416 e. The SMILES string of the molecule is CCOC[C@@H](O)CN1CCN(Cc2nc(C(=O)NCc3cccc(C(F)(F)F)c3)co2)CC1. The fourth-order valence-corrected chi connectivity index (χ4v) is 3.54. The summed E-state index contributed by atoms with van der Waals surface area (Å²) in [7, 11) is 0. The van der Waals surface area contributed by atoms with E-state index in [0.29, 0.717) is 37.8 Å². The number of benzene rings is 1. The van der Waals surface area contributed by atoms with Crippen LogP contribution in [0.3, 0.4) is 0 Å². The van der Waals surface area contributed by atoms with Gasteiger partial charge in [0, 0.05) is 45.9 Å². The number of ether oxygens (including phenoxy) is 1. The molecule has 182 valence electrons. The molecule has 0 unspecified atom stereocenters. The molecule has 1 aliphatic heterocycles. The second-order valence-electron chi connectivity index (χ2n) is 7.90. The number of carbonyl (C=O) groups is 1. The number of piperazine rings is 1. The van der Waals surface area contributed by atoms with Crippen LogP contribution < -0.4 is 5.32 Å². The van der Waals surface area contributed by atoms with Gasteiger partial charge in [0.25, 0.3) is 5.91 Å². The number of aliphatic hydroxyl groups excluding tert-OH is 1. The number of alkyl halides is 3. The zero-order valence-electron chi connectivity index (χ0n) is 18.5. The minimum absolute atomic E-state index is 0.0535. The zero-order chi connectivity index (χ0) is 23.8. The number of amides is 1. The van der Waals surface area contributed by atoms with Crippen LogP contribution in [0, 0.1) is 0 Å². The lowest BCUT2D eigenvalue weighted by molar-refractivity contribution is -0.137. The van der Waals surface area contributed by atoms with E-state index in [2.05, 4.69) is 20.1 Å². The van der Waals surface area contributed by atoms with Crippen LogP contribution in [0.25, 0.3) is 0 Å². The number of nitrogens with one attached hydrogen (secondary N) is 1. The third-order valence-electron chi connectivity index (χ3n) is 5.30. The molecule has 0 saturated carbocycles. The largest absolute Gasteiger partial charge is 0.447 e. The second-order valence-corrected chi connectivity index (χ2v) is 7.90. The molecule has 1 saturated heterocycles. The molecular weight excluding hydrogens is 441 g/mol. The average Bonchev–Trinajstić information content (AvgIpc) is 3.25. The molecule has 3 rings (SSSR count). The number of aliphatic hydroxyl groups is 1. The Labute approximate surface area is 190 Å². The van der Waals surface area contributed by atoms with Crippen molar-refractivity contribution in [3.63, 3.8) is 0 Å². The summed E-state index contributed by atoms with van der Waals surface area (Å²) >= 11 is 0. The Morgan fingerprint density at radius 1 is 1.27 bits per heavy atom. The fourth-order valence-electron chi connectivity index (χ4n) is 3.54. The molecule has 0 radical (unpaired) electrons. The van der Waals surface area contributed by atoms with E-state index in [4.69, 9.17) is 9.15 Å². The third-order valence-corrected chi connectivity index (χ3v) is 5.30. The van der Waals surface area contributed by atoms with Gasteiger partial charge in [-0.1, -0.05) is 12.1 Å². The standard InChI is InChI=1S/C22H29F3N4O4/c1-2-32-14-18(30)12-28-6-8-29(9-7-28)13-20-27-19(15-33-20)21(31)26-11-16-4-3-5-17(10-16)22(23,24)25/h3-5,10,15,18,30H,2,6-9,11-14H2,1H3,(H,26,31)/t18-/m0/s1. The van der Waals surface area contributed by atoms with Crippen LogP contribution >= 0.6 is 0 Å². The van der Waals surface area contributed by atoms with Gasteiger partial charge in [0.2, 0.25) is 5.89 Å². The van der Waals surface area contributed by atoms with E-state index >= 15 is 0 Å². The molecule has 2 aromatic rings. The number of oxazole rings is 1. The first-order valence-corrected chi connectivity index (χ1v) is 10.8. The fraction of sp³-hybridized carbons (Fsp3) is 0.545. The van der Waals surface area contributed by atoms with Gasteiger partial charge in [-0.3, -0.25) is 14.6 Å². The quantitative estimate of drug-likeness (QED) is 0.550. The van der Waals surface area contributed by atoms with Gasteiger partial charge >= 0.3 is 6.18 Å². The first-order valence-electron chi connectivity index (χ1n) is 10.8. The van der Waals surface area contributed by atoms with Gasteiger partial charge in [-0.05, 0) is 24.6 Å². The number of nitrogens with zero attached hydrogens (tertiary/aromatic N) is 3. The van der Waals surface area contributed by atoms with Crippen molar-refractivity contribution in [2.24, 2.45) is 0 Å². The lowest BCUT2D eigenvalue weighted by Gasteiger charge is -2.34. The molecular formula is C22H29F3N4O4. The predicted octanol–water partition coefficient (Wildman–Crippen LogP) is 2.14. The minimum Gasteiger partial charge on any atom is -0.447 e. The summed E-state index contributed by atoms with van der Waals surface area (Å²) in [6, 6.07) is 4.80. The molecule has 1 aromatic heterocycles. The van der Waals surface area contributed by atoms with E-state index in [9.17, 15) is 23.1 Å². The molecule has 0 bridgehead atoms. The monoisotopic (exact) mass is 470 g/mol. The lowest BCUT2D eigenvalue weighted by atomic mass is 10.1. The molecule has 8 nitrogen and oxygen atoms in total. The summed E-state index contributed by atoms with van der Waals surface area (Å²) < 4.78 is 49.1. The number of rotatable bonds is 10. The van der Waals surface area contributed by atoms with Gasteiger partial charge in [0.1, 0.15) is 6.26 Å². The van der Waals surface area contributed by atoms with Gasteiger partial charge < -0.3 is 19.6 Å². The van der Waals surface area contributed by atoms with Crippen molar-refractivity contribution in [1.82, 2.24) is 20.1 Å². The Balaban J connectivity index is 1.43. The van der Waals surface area contributed by atoms with Crippen LogP contribution in [0.1, 0.15) is 34.4 Å². The Kier molecular flexibility index (Phi) is 8.84. The molecule has 1 aliphatic rings. The molecule has 1 aromatic carbocycles. The Morgan fingerprint density at radius 3 is 2.70 bits per heavy atom. The minimum atomic E-state index is -4.43. The number of β-amino-alcohol motifs (C(OH)–C–C–N with tert-alkyl or cyclic N) is 1. The number of aromatic nitrogens is 1. The molecule has 1 amide bonds. The molecule has 0 aliphatic carbocycles. The van der Waals surface area contributed by atoms with E-state index in [-0.39, 0.29) is 12.2 Å². The van der Waals surface area contributed by atoms with Crippen LogP contribution in [0.2, 0.25) is 0 Å². The Bertz CT molecular complexity index is 898. The van der Waals surface area contributed by atoms with E-state index < -0.39 is 23.8 Å². The lowest BCUT2D eigenvalue weighted by Crippen LogP contribution is -2.48. The van der Waals surface area contributed by atoms with Gasteiger partial charge in [-0.25, -0.2) is 4.98 Å². The van der Waals surface area contributed by atoms with E-state index in [1.54, 1.807) is 0 Å². The number of hydrogen-bond acceptors (Lipinski definition) is 7. The highest BCUT2D eigenvalue weighted by Gasteiger charge is 2.30. The van der Waals surface area contributed by atoms with Crippen LogP contribution in [-0.4, -0.2) is 77.8 Å². The number of carbonyl (C=O) groups excluding carboxylic acids is 1. The first-order chi connectivity index (χ1) is 15.7. The maximum atomic E-state index is 12.8. The molecule has 0 spiro atoms. The number of halogens is 3. The van der Waals surface area contributed by atoms with Crippen molar-refractivity contribution >= 4 is 5.91 Å². The summed E-state index contributed by atoms with van der Waals surface area (Å²) in [6.45, 7) is 6.84. The highest BCUT2D eigenvalue weighted by Crippen LogP contribution is 2.29. The Morgan fingerprint density at radius 2 is 2.00 bits per heavy atom. The summed E-state index contributed by atoms with van der Waals surface area (Å²) in [5.41, 5.74) is -0.345. The van der Waals surface area contributed by atoms with Gasteiger partial charge in [0.15, 0.2) is 5.69 Å². The Hall–Kier alpha value is -2.47. The topological polar surface area (TPSA) is 91.1 Å². The van der Waals surface area contributed by atoms with Crippen molar-refractivity contribution in [2.75, 3.05) is 45.9 Å². The van der Waals surface area contributed by atoms with Crippen LogP contribution in [-0.2, 0) is 24.0 Å². The number of hydrogen-bond donors (Lipinski definition) is 2. The summed E-state index contributed by atoms with van der Waals surface area (Å²) in [5, 5.41) is 12.5. The normalized spacial score (nSPS) is 16.6.